The standard InChI is InChI=1S/C7H14O3S/c1-7(2,3)11(9)5-6(8)10-4/h5H2,1-4H3/t11-/m1/s1. The van der Waals surface area contributed by atoms with Gasteiger partial charge in [0, 0.05) is 15.5 Å². The maximum atomic E-state index is 11.2. The summed E-state index contributed by atoms with van der Waals surface area (Å²) < 4.78 is 15.3. The summed E-state index contributed by atoms with van der Waals surface area (Å²) in [7, 11) is 0.152. The zero-order chi connectivity index (χ0) is 9.07. The van der Waals surface area contributed by atoms with Crippen LogP contribution in [0.4, 0.5) is 0 Å². The lowest BCUT2D eigenvalue weighted by atomic mass is 10.3. The zero-order valence-corrected chi connectivity index (χ0v) is 8.16. The summed E-state index contributed by atoms with van der Waals surface area (Å²) in [6.45, 7) is 5.48. The molecule has 0 aromatic rings. The Morgan fingerprint density at radius 1 is 1.45 bits per heavy atom. The van der Waals surface area contributed by atoms with Crippen LogP contribution in [0.15, 0.2) is 0 Å². The number of carbonyl (C=O) groups excluding carboxylic acids is 1. The fourth-order valence-corrected chi connectivity index (χ4v) is 1.15. The van der Waals surface area contributed by atoms with Gasteiger partial charge in [-0.25, -0.2) is 0 Å². The minimum atomic E-state index is -1.14. The highest BCUT2D eigenvalue weighted by atomic mass is 32.2. The smallest absolute Gasteiger partial charge is 0.318 e. The molecular weight excluding hydrogens is 164 g/mol. The molecule has 1 atom stereocenters. The Kier molecular flexibility index (Phi) is 3.72. The summed E-state index contributed by atoms with van der Waals surface area (Å²) >= 11 is 0. The van der Waals surface area contributed by atoms with Crippen molar-refractivity contribution in [1.82, 2.24) is 0 Å². The highest BCUT2D eigenvalue weighted by Gasteiger charge is 2.21. The third-order valence-corrected chi connectivity index (χ3v) is 3.02. The number of hydrogen-bond acceptors (Lipinski definition) is 3. The summed E-state index contributed by atoms with van der Waals surface area (Å²) in [5.41, 5.74) is 0. The molecule has 0 rings (SSSR count). The van der Waals surface area contributed by atoms with Crippen LogP contribution in [0.3, 0.4) is 0 Å². The molecule has 0 aliphatic rings. The van der Waals surface area contributed by atoms with Gasteiger partial charge < -0.3 is 4.74 Å². The average molecular weight is 178 g/mol. The number of ether oxygens (including phenoxy) is 1. The molecule has 0 bridgehead atoms. The molecule has 66 valence electrons. The lowest BCUT2D eigenvalue weighted by Crippen LogP contribution is -2.28. The fraction of sp³-hybridized carbons (Fsp3) is 0.857. The Hall–Kier alpha value is -0.380. The molecule has 0 aromatic carbocycles. The van der Waals surface area contributed by atoms with E-state index in [9.17, 15) is 9.00 Å². The van der Waals surface area contributed by atoms with Gasteiger partial charge in [-0.3, -0.25) is 9.00 Å². The second-order valence-electron chi connectivity index (χ2n) is 3.18. The molecule has 0 saturated heterocycles. The summed E-state index contributed by atoms with van der Waals surface area (Å²) in [6, 6.07) is 0. The Balaban J connectivity index is 3.99. The van der Waals surface area contributed by atoms with Crippen LogP contribution in [0.2, 0.25) is 0 Å². The largest absolute Gasteiger partial charge is 0.468 e. The van der Waals surface area contributed by atoms with Gasteiger partial charge in [0.05, 0.1) is 7.11 Å². The van der Waals surface area contributed by atoms with Gasteiger partial charge in [0.2, 0.25) is 0 Å². The first-order chi connectivity index (χ1) is 4.88. The van der Waals surface area contributed by atoms with E-state index in [4.69, 9.17) is 0 Å². The van der Waals surface area contributed by atoms with Crippen molar-refractivity contribution in [2.75, 3.05) is 12.9 Å². The van der Waals surface area contributed by atoms with E-state index >= 15 is 0 Å². The van der Waals surface area contributed by atoms with Crippen molar-refractivity contribution in [2.24, 2.45) is 0 Å². The molecule has 0 fully saturated rings. The van der Waals surface area contributed by atoms with Gasteiger partial charge in [-0.1, -0.05) is 0 Å². The second kappa shape index (κ2) is 3.85. The molecule has 0 aliphatic carbocycles. The number of rotatable bonds is 2. The molecule has 0 radical (unpaired) electrons. The van der Waals surface area contributed by atoms with Crippen molar-refractivity contribution in [1.29, 1.82) is 0 Å². The molecule has 0 amide bonds. The number of carbonyl (C=O) groups is 1. The van der Waals surface area contributed by atoms with Gasteiger partial charge in [-0.2, -0.15) is 0 Å². The minimum Gasteiger partial charge on any atom is -0.468 e. The molecule has 4 heteroatoms. The lowest BCUT2D eigenvalue weighted by Gasteiger charge is -2.16. The molecule has 3 nitrogen and oxygen atoms in total. The summed E-state index contributed by atoms with van der Waals surface area (Å²) in [5.74, 6) is -0.432. The van der Waals surface area contributed by atoms with Crippen molar-refractivity contribution < 1.29 is 13.7 Å². The molecule has 0 spiro atoms. The Morgan fingerprint density at radius 2 is 1.91 bits per heavy atom. The van der Waals surface area contributed by atoms with Crippen molar-refractivity contribution in [3.8, 4) is 0 Å². The first kappa shape index (κ1) is 10.6. The summed E-state index contributed by atoms with van der Waals surface area (Å²) in [4.78, 5) is 10.7. The number of methoxy groups -OCH3 is 1. The quantitative estimate of drug-likeness (QED) is 0.585. The van der Waals surface area contributed by atoms with Crippen molar-refractivity contribution in [3.63, 3.8) is 0 Å². The van der Waals surface area contributed by atoms with Gasteiger partial charge in [0.1, 0.15) is 5.75 Å². The van der Waals surface area contributed by atoms with Gasteiger partial charge in [0.25, 0.3) is 0 Å². The van der Waals surface area contributed by atoms with Crippen LogP contribution in [0, 0.1) is 0 Å². The van der Waals surface area contributed by atoms with E-state index in [2.05, 4.69) is 4.74 Å². The van der Waals surface area contributed by atoms with Crippen molar-refractivity contribution in [3.05, 3.63) is 0 Å². The van der Waals surface area contributed by atoms with E-state index < -0.39 is 16.8 Å². The minimum absolute atomic E-state index is 0.0139. The van der Waals surface area contributed by atoms with Crippen LogP contribution >= 0.6 is 0 Å². The molecule has 11 heavy (non-hydrogen) atoms. The molecule has 0 N–H and O–H groups in total. The van der Waals surface area contributed by atoms with E-state index in [1.54, 1.807) is 0 Å². The second-order valence-corrected chi connectivity index (χ2v) is 5.38. The van der Waals surface area contributed by atoms with E-state index in [-0.39, 0.29) is 10.5 Å². The maximum Gasteiger partial charge on any atom is 0.318 e. The maximum absolute atomic E-state index is 11.2. The van der Waals surface area contributed by atoms with Gasteiger partial charge in [-0.15, -0.1) is 0 Å². The zero-order valence-electron chi connectivity index (χ0n) is 7.34. The predicted molar refractivity (Wildman–Crippen MR) is 44.8 cm³/mol. The van der Waals surface area contributed by atoms with Gasteiger partial charge >= 0.3 is 5.97 Å². The Labute approximate surface area is 69.6 Å². The Bertz CT molecular complexity index is 169. The van der Waals surface area contributed by atoms with Crippen molar-refractivity contribution in [2.45, 2.75) is 25.5 Å². The third kappa shape index (κ3) is 4.14. The van der Waals surface area contributed by atoms with Crippen LogP contribution in [0.5, 0.6) is 0 Å². The molecule has 0 aliphatic heterocycles. The predicted octanol–water partition coefficient (Wildman–Crippen LogP) is 0.707. The van der Waals surface area contributed by atoms with Gasteiger partial charge in [0.15, 0.2) is 0 Å². The third-order valence-electron chi connectivity index (χ3n) is 1.16. The van der Waals surface area contributed by atoms with Crippen LogP contribution in [-0.2, 0) is 20.3 Å². The number of hydrogen-bond donors (Lipinski definition) is 0. The molecular formula is C7H14O3S. The van der Waals surface area contributed by atoms with Crippen LogP contribution < -0.4 is 0 Å². The highest BCUT2D eigenvalue weighted by Crippen LogP contribution is 2.10. The SMILES string of the molecule is COC(=O)C[S@@](=O)C(C)(C)C. The van der Waals surface area contributed by atoms with Crippen LogP contribution in [0.1, 0.15) is 20.8 Å². The first-order valence-electron chi connectivity index (χ1n) is 3.33. The molecule has 0 unspecified atom stereocenters. The van der Waals surface area contributed by atoms with Crippen LogP contribution in [-0.4, -0.2) is 27.8 Å². The summed E-state index contributed by atoms with van der Waals surface area (Å²) in [5, 5.41) is 0. The van der Waals surface area contributed by atoms with Crippen LogP contribution in [0.25, 0.3) is 0 Å². The Morgan fingerprint density at radius 3 is 2.18 bits per heavy atom. The van der Waals surface area contributed by atoms with E-state index in [0.717, 1.165) is 0 Å². The topological polar surface area (TPSA) is 43.4 Å². The van der Waals surface area contributed by atoms with Crippen molar-refractivity contribution >= 4 is 16.8 Å². The molecule has 0 heterocycles. The number of esters is 1. The van der Waals surface area contributed by atoms with Gasteiger partial charge in [-0.05, 0) is 20.8 Å². The normalized spacial score (nSPS) is 14.2. The highest BCUT2D eigenvalue weighted by molar-refractivity contribution is 7.87. The first-order valence-corrected chi connectivity index (χ1v) is 4.65. The van der Waals surface area contributed by atoms with E-state index in [1.807, 2.05) is 20.8 Å². The lowest BCUT2D eigenvalue weighted by molar-refractivity contribution is -0.137. The van der Waals surface area contributed by atoms with E-state index in [0.29, 0.717) is 0 Å². The monoisotopic (exact) mass is 178 g/mol. The fourth-order valence-electron chi connectivity index (χ4n) is 0.382. The summed E-state index contributed by atoms with van der Waals surface area (Å²) in [6.07, 6.45) is 0. The average Bonchev–Trinajstić information content (AvgIpc) is 1.85. The molecule has 0 saturated carbocycles. The molecule has 0 aromatic heterocycles. The van der Waals surface area contributed by atoms with E-state index in [1.165, 1.54) is 7.11 Å².